The highest BCUT2D eigenvalue weighted by Gasteiger charge is 2.24. The van der Waals surface area contributed by atoms with Crippen molar-refractivity contribution < 1.29 is 9.59 Å². The lowest BCUT2D eigenvalue weighted by molar-refractivity contribution is -0.119. The summed E-state index contributed by atoms with van der Waals surface area (Å²) in [6.45, 7) is 1.94. The molecule has 0 radical (unpaired) electrons. The molecule has 5 heteroatoms. The number of nitrogens with zero attached hydrogens (tertiary/aromatic N) is 1. The third-order valence-electron chi connectivity index (χ3n) is 4.31. The highest BCUT2D eigenvalue weighted by Crippen LogP contribution is 2.27. The standard InChI is InChI=1S/C16H21N3O2/c20-15(12-5-1-2-6-12)18-14-8-4-3-7-13(14)11-19-10-9-17-16(19)21/h3-4,7-8,12H,1-2,5-6,9-11H2,(H,17,21)(H,18,20). The molecule has 1 aromatic carbocycles. The third kappa shape index (κ3) is 3.17. The average Bonchev–Trinajstić information content (AvgIpc) is 3.13. The maximum atomic E-state index is 12.3. The normalized spacial score (nSPS) is 18.9. The van der Waals surface area contributed by atoms with E-state index >= 15 is 0 Å². The van der Waals surface area contributed by atoms with Crippen LogP contribution in [-0.4, -0.2) is 29.9 Å². The molecule has 2 aliphatic rings. The molecule has 0 atom stereocenters. The quantitative estimate of drug-likeness (QED) is 0.893. The summed E-state index contributed by atoms with van der Waals surface area (Å²) < 4.78 is 0. The fraction of sp³-hybridized carbons (Fsp3) is 0.500. The van der Waals surface area contributed by atoms with Crippen molar-refractivity contribution in [3.8, 4) is 0 Å². The Balaban J connectivity index is 1.69. The summed E-state index contributed by atoms with van der Waals surface area (Å²) in [6.07, 6.45) is 4.27. The van der Waals surface area contributed by atoms with Crippen LogP contribution in [0.2, 0.25) is 0 Å². The summed E-state index contributed by atoms with van der Waals surface area (Å²) in [5.41, 5.74) is 1.81. The number of nitrogens with one attached hydrogen (secondary N) is 2. The van der Waals surface area contributed by atoms with E-state index in [1.807, 2.05) is 24.3 Å². The summed E-state index contributed by atoms with van der Waals surface area (Å²) in [5.74, 6) is 0.263. The molecule has 1 heterocycles. The van der Waals surface area contributed by atoms with Gasteiger partial charge in [0, 0.05) is 31.2 Å². The lowest BCUT2D eigenvalue weighted by Gasteiger charge is -2.18. The molecule has 1 saturated heterocycles. The fourth-order valence-electron chi connectivity index (χ4n) is 3.07. The fourth-order valence-corrected chi connectivity index (χ4v) is 3.07. The van der Waals surface area contributed by atoms with Crippen molar-refractivity contribution in [3.05, 3.63) is 29.8 Å². The minimum atomic E-state index is -0.0353. The Morgan fingerprint density at radius 3 is 2.76 bits per heavy atom. The summed E-state index contributed by atoms with van der Waals surface area (Å²) >= 11 is 0. The molecule has 0 aromatic heterocycles. The Morgan fingerprint density at radius 1 is 1.29 bits per heavy atom. The Kier molecular flexibility index (Phi) is 4.08. The van der Waals surface area contributed by atoms with Gasteiger partial charge in [0.05, 0.1) is 0 Å². The number of benzene rings is 1. The van der Waals surface area contributed by atoms with E-state index < -0.39 is 0 Å². The van der Waals surface area contributed by atoms with Crippen LogP contribution < -0.4 is 10.6 Å². The zero-order chi connectivity index (χ0) is 14.7. The van der Waals surface area contributed by atoms with Crippen LogP contribution in [0.4, 0.5) is 10.5 Å². The first-order chi connectivity index (χ1) is 10.2. The van der Waals surface area contributed by atoms with E-state index in [0.717, 1.165) is 36.9 Å². The minimum absolute atomic E-state index is 0.0353. The summed E-state index contributed by atoms with van der Waals surface area (Å²) in [7, 11) is 0. The van der Waals surface area contributed by atoms with Gasteiger partial charge in [-0.05, 0) is 24.5 Å². The molecule has 0 bridgehead atoms. The van der Waals surface area contributed by atoms with Gasteiger partial charge in [-0.3, -0.25) is 4.79 Å². The van der Waals surface area contributed by atoms with Gasteiger partial charge in [0.25, 0.3) is 0 Å². The van der Waals surface area contributed by atoms with Gasteiger partial charge in [-0.15, -0.1) is 0 Å². The highest BCUT2D eigenvalue weighted by molar-refractivity contribution is 5.93. The lowest BCUT2D eigenvalue weighted by Crippen LogP contribution is -2.28. The number of urea groups is 1. The smallest absolute Gasteiger partial charge is 0.317 e. The maximum Gasteiger partial charge on any atom is 0.317 e. The molecule has 5 nitrogen and oxygen atoms in total. The second-order valence-electron chi connectivity index (χ2n) is 5.78. The number of para-hydroxylation sites is 1. The molecule has 21 heavy (non-hydrogen) atoms. The molecule has 3 amide bonds. The van der Waals surface area contributed by atoms with E-state index in [2.05, 4.69) is 10.6 Å². The number of amides is 3. The molecule has 3 rings (SSSR count). The lowest BCUT2D eigenvalue weighted by atomic mass is 10.1. The van der Waals surface area contributed by atoms with E-state index in [1.54, 1.807) is 4.90 Å². The van der Waals surface area contributed by atoms with Crippen molar-refractivity contribution in [2.45, 2.75) is 32.2 Å². The zero-order valence-corrected chi connectivity index (χ0v) is 12.1. The van der Waals surface area contributed by atoms with Crippen LogP contribution >= 0.6 is 0 Å². The van der Waals surface area contributed by atoms with Crippen LogP contribution in [0.5, 0.6) is 0 Å². The molecule has 2 N–H and O–H groups in total. The van der Waals surface area contributed by atoms with Gasteiger partial charge < -0.3 is 15.5 Å². The molecule has 2 fully saturated rings. The van der Waals surface area contributed by atoms with Gasteiger partial charge in [-0.2, -0.15) is 0 Å². The predicted molar refractivity (Wildman–Crippen MR) is 80.8 cm³/mol. The molecule has 0 unspecified atom stereocenters. The summed E-state index contributed by atoms with van der Waals surface area (Å²) in [5, 5.41) is 5.84. The average molecular weight is 287 g/mol. The van der Waals surface area contributed by atoms with Gasteiger partial charge in [-0.1, -0.05) is 31.0 Å². The van der Waals surface area contributed by atoms with Gasteiger partial charge >= 0.3 is 6.03 Å². The third-order valence-corrected chi connectivity index (χ3v) is 4.31. The first kappa shape index (κ1) is 13.9. The van der Waals surface area contributed by atoms with Crippen LogP contribution in [0, 0.1) is 5.92 Å². The van der Waals surface area contributed by atoms with E-state index in [4.69, 9.17) is 0 Å². The van der Waals surface area contributed by atoms with E-state index in [-0.39, 0.29) is 17.9 Å². The predicted octanol–water partition coefficient (Wildman–Crippen LogP) is 2.34. The Morgan fingerprint density at radius 2 is 2.05 bits per heavy atom. The van der Waals surface area contributed by atoms with Gasteiger partial charge in [-0.25, -0.2) is 4.79 Å². The number of hydrogen-bond donors (Lipinski definition) is 2. The van der Waals surface area contributed by atoms with Crippen molar-refractivity contribution >= 4 is 17.6 Å². The maximum absolute atomic E-state index is 12.3. The van der Waals surface area contributed by atoms with Crippen molar-refractivity contribution in [1.82, 2.24) is 10.2 Å². The number of carbonyl (C=O) groups excluding carboxylic acids is 2. The zero-order valence-electron chi connectivity index (χ0n) is 12.1. The topological polar surface area (TPSA) is 61.4 Å². The minimum Gasteiger partial charge on any atom is -0.336 e. The summed E-state index contributed by atoms with van der Waals surface area (Å²) in [6, 6.07) is 7.70. The highest BCUT2D eigenvalue weighted by atomic mass is 16.2. The largest absolute Gasteiger partial charge is 0.336 e. The molecule has 1 aromatic rings. The van der Waals surface area contributed by atoms with Crippen molar-refractivity contribution in [3.63, 3.8) is 0 Å². The monoisotopic (exact) mass is 287 g/mol. The Hall–Kier alpha value is -2.04. The molecular weight excluding hydrogens is 266 g/mol. The van der Waals surface area contributed by atoms with Crippen LogP contribution in [0.1, 0.15) is 31.2 Å². The van der Waals surface area contributed by atoms with Gasteiger partial charge in [0.15, 0.2) is 0 Å². The van der Waals surface area contributed by atoms with Crippen LogP contribution in [-0.2, 0) is 11.3 Å². The number of hydrogen-bond acceptors (Lipinski definition) is 2. The Labute approximate surface area is 124 Å². The van der Waals surface area contributed by atoms with Crippen molar-refractivity contribution in [1.29, 1.82) is 0 Å². The van der Waals surface area contributed by atoms with Crippen molar-refractivity contribution in [2.75, 3.05) is 18.4 Å². The summed E-state index contributed by atoms with van der Waals surface area (Å²) in [4.78, 5) is 25.7. The molecule has 1 saturated carbocycles. The Bertz CT molecular complexity index is 538. The van der Waals surface area contributed by atoms with E-state index in [9.17, 15) is 9.59 Å². The second-order valence-corrected chi connectivity index (χ2v) is 5.78. The molecule has 1 aliphatic carbocycles. The molecule has 112 valence electrons. The number of carbonyl (C=O) groups is 2. The van der Waals surface area contributed by atoms with Crippen molar-refractivity contribution in [2.24, 2.45) is 5.92 Å². The van der Waals surface area contributed by atoms with Crippen LogP contribution in [0.3, 0.4) is 0 Å². The SMILES string of the molecule is O=C(Nc1ccccc1CN1CCNC1=O)C1CCCC1. The van der Waals surface area contributed by atoms with E-state index in [0.29, 0.717) is 19.6 Å². The molecule has 1 aliphatic heterocycles. The number of anilines is 1. The first-order valence-corrected chi connectivity index (χ1v) is 7.65. The van der Waals surface area contributed by atoms with E-state index in [1.165, 1.54) is 0 Å². The van der Waals surface area contributed by atoms with Crippen LogP contribution in [0.15, 0.2) is 24.3 Å². The molecule has 0 spiro atoms. The van der Waals surface area contributed by atoms with Gasteiger partial charge in [0.1, 0.15) is 0 Å². The van der Waals surface area contributed by atoms with Crippen LogP contribution in [0.25, 0.3) is 0 Å². The first-order valence-electron chi connectivity index (χ1n) is 7.65. The van der Waals surface area contributed by atoms with Gasteiger partial charge in [0.2, 0.25) is 5.91 Å². The second kappa shape index (κ2) is 6.16. The number of rotatable bonds is 4. The molecular formula is C16H21N3O2.